The molecule has 1 aromatic heterocycles. The highest BCUT2D eigenvalue weighted by molar-refractivity contribution is 7.91. The lowest BCUT2D eigenvalue weighted by Crippen LogP contribution is -2.16. The smallest absolute Gasteiger partial charge is 0.187 e. The predicted octanol–water partition coefficient (Wildman–Crippen LogP) is 3.47. The highest BCUT2D eigenvalue weighted by Gasteiger charge is 2.30. The molecule has 0 saturated heterocycles. The lowest BCUT2D eigenvalue weighted by Gasteiger charge is -2.16. The van der Waals surface area contributed by atoms with Crippen LogP contribution in [0.5, 0.6) is 0 Å². The molecule has 0 amide bonds. The SMILES string of the molecule is C#CCCC(c1cnnc(-c2ccccc2)n1)S(=O)(=O)c1ccccc1. The van der Waals surface area contributed by atoms with Crippen molar-refractivity contribution in [1.82, 2.24) is 15.2 Å². The standard InChI is InChI=1S/C20H17N3O2S/c1-2-3-14-19(26(24,25)17-12-8-5-9-13-17)18-15-21-23-20(22-18)16-10-6-4-7-11-16/h1,4-13,15,19H,3,14H2. The largest absolute Gasteiger partial charge is 0.228 e. The summed E-state index contributed by atoms with van der Waals surface area (Å²) in [5.74, 6) is 2.90. The molecule has 0 bridgehead atoms. The van der Waals surface area contributed by atoms with Crippen molar-refractivity contribution in [3.63, 3.8) is 0 Å². The molecular weight excluding hydrogens is 346 g/mol. The normalized spacial score (nSPS) is 12.3. The molecule has 0 saturated carbocycles. The minimum Gasteiger partial charge on any atom is -0.228 e. The van der Waals surface area contributed by atoms with Crippen LogP contribution in [0.15, 0.2) is 71.8 Å². The number of aromatic nitrogens is 3. The second-order valence-corrected chi connectivity index (χ2v) is 7.79. The Bertz CT molecular complexity index is 1010. The van der Waals surface area contributed by atoms with Gasteiger partial charge >= 0.3 is 0 Å². The zero-order valence-electron chi connectivity index (χ0n) is 14.0. The van der Waals surface area contributed by atoms with Crippen LogP contribution in [-0.4, -0.2) is 23.6 Å². The second kappa shape index (κ2) is 7.89. The van der Waals surface area contributed by atoms with Crippen LogP contribution in [0.25, 0.3) is 11.4 Å². The van der Waals surface area contributed by atoms with Crippen LogP contribution in [0.1, 0.15) is 23.8 Å². The van der Waals surface area contributed by atoms with Crippen molar-refractivity contribution in [2.75, 3.05) is 0 Å². The van der Waals surface area contributed by atoms with E-state index in [1.54, 1.807) is 30.3 Å². The molecule has 6 heteroatoms. The molecule has 2 aromatic carbocycles. The Labute approximate surface area is 153 Å². The topological polar surface area (TPSA) is 72.8 Å². The van der Waals surface area contributed by atoms with Crippen LogP contribution in [-0.2, 0) is 9.84 Å². The maximum atomic E-state index is 13.1. The summed E-state index contributed by atoms with van der Waals surface area (Å²) in [6.07, 6.45) is 7.35. The molecule has 5 nitrogen and oxygen atoms in total. The van der Waals surface area contributed by atoms with Crippen LogP contribution in [0.3, 0.4) is 0 Å². The number of sulfone groups is 1. The van der Waals surface area contributed by atoms with Gasteiger partial charge < -0.3 is 0 Å². The van der Waals surface area contributed by atoms with Gasteiger partial charge in [0.25, 0.3) is 0 Å². The third-order valence-electron chi connectivity index (χ3n) is 3.94. The molecule has 0 aliphatic carbocycles. The summed E-state index contributed by atoms with van der Waals surface area (Å²) in [7, 11) is -3.65. The summed E-state index contributed by atoms with van der Waals surface area (Å²) in [6, 6.07) is 17.6. The lowest BCUT2D eigenvalue weighted by atomic mass is 10.2. The Balaban J connectivity index is 2.06. The van der Waals surface area contributed by atoms with Crippen LogP contribution < -0.4 is 0 Å². The van der Waals surface area contributed by atoms with Gasteiger partial charge in [0.15, 0.2) is 15.7 Å². The van der Waals surface area contributed by atoms with Crippen molar-refractivity contribution >= 4 is 9.84 Å². The molecule has 0 fully saturated rings. The molecule has 3 aromatic rings. The average molecular weight is 363 g/mol. The van der Waals surface area contributed by atoms with E-state index < -0.39 is 15.1 Å². The number of benzene rings is 2. The van der Waals surface area contributed by atoms with Crippen molar-refractivity contribution in [2.45, 2.75) is 23.0 Å². The maximum absolute atomic E-state index is 13.1. The van der Waals surface area contributed by atoms with Crippen LogP contribution in [0.4, 0.5) is 0 Å². The fraction of sp³-hybridized carbons (Fsp3) is 0.150. The Morgan fingerprint density at radius 3 is 2.31 bits per heavy atom. The fourth-order valence-corrected chi connectivity index (χ4v) is 4.36. The Morgan fingerprint density at radius 2 is 1.65 bits per heavy atom. The summed E-state index contributed by atoms with van der Waals surface area (Å²) in [4.78, 5) is 4.70. The molecular formula is C20H17N3O2S. The van der Waals surface area contributed by atoms with Crippen molar-refractivity contribution in [1.29, 1.82) is 0 Å². The van der Waals surface area contributed by atoms with Gasteiger partial charge in [0.2, 0.25) is 0 Å². The molecule has 0 aliphatic rings. The highest BCUT2D eigenvalue weighted by atomic mass is 32.2. The number of terminal acetylenes is 1. The Hall–Kier alpha value is -3.04. The van der Waals surface area contributed by atoms with Crippen molar-refractivity contribution in [2.24, 2.45) is 0 Å². The quantitative estimate of drug-likeness (QED) is 0.627. The second-order valence-electron chi connectivity index (χ2n) is 5.66. The minimum atomic E-state index is -3.65. The van der Waals surface area contributed by atoms with E-state index in [-0.39, 0.29) is 11.3 Å². The van der Waals surface area contributed by atoms with Gasteiger partial charge in [-0.2, -0.15) is 5.10 Å². The van der Waals surface area contributed by atoms with Gasteiger partial charge in [-0.1, -0.05) is 48.5 Å². The van der Waals surface area contributed by atoms with E-state index in [1.807, 2.05) is 30.3 Å². The average Bonchev–Trinajstić information content (AvgIpc) is 2.70. The number of rotatable bonds is 6. The maximum Gasteiger partial charge on any atom is 0.187 e. The van der Waals surface area contributed by atoms with Crippen LogP contribution >= 0.6 is 0 Å². The van der Waals surface area contributed by atoms with E-state index >= 15 is 0 Å². The summed E-state index contributed by atoms with van der Waals surface area (Å²) in [5.41, 5.74) is 1.12. The molecule has 130 valence electrons. The van der Waals surface area contributed by atoms with Gasteiger partial charge in [0, 0.05) is 12.0 Å². The first-order valence-corrected chi connectivity index (χ1v) is 9.65. The summed E-state index contributed by atoms with van der Waals surface area (Å²) in [6.45, 7) is 0. The predicted molar refractivity (Wildman–Crippen MR) is 99.7 cm³/mol. The zero-order chi connectivity index (χ0) is 18.4. The van der Waals surface area contributed by atoms with Gasteiger partial charge in [0.05, 0.1) is 16.8 Å². The van der Waals surface area contributed by atoms with Crippen molar-refractivity contribution in [3.05, 3.63) is 72.6 Å². The molecule has 1 unspecified atom stereocenters. The van der Waals surface area contributed by atoms with E-state index in [1.165, 1.54) is 6.20 Å². The molecule has 26 heavy (non-hydrogen) atoms. The fourth-order valence-electron chi connectivity index (χ4n) is 2.63. The highest BCUT2D eigenvalue weighted by Crippen LogP contribution is 2.32. The third-order valence-corrected chi connectivity index (χ3v) is 6.09. The van der Waals surface area contributed by atoms with Gasteiger partial charge in [-0.25, -0.2) is 13.4 Å². The zero-order valence-corrected chi connectivity index (χ0v) is 14.8. The Morgan fingerprint density at radius 1 is 1.00 bits per heavy atom. The molecule has 3 rings (SSSR count). The molecule has 0 N–H and O–H groups in total. The first-order valence-electron chi connectivity index (χ1n) is 8.10. The number of hydrogen-bond donors (Lipinski definition) is 0. The van der Waals surface area contributed by atoms with Crippen molar-refractivity contribution in [3.8, 4) is 23.7 Å². The molecule has 1 atom stereocenters. The molecule has 0 aliphatic heterocycles. The van der Waals surface area contributed by atoms with Gasteiger partial charge in [0.1, 0.15) is 5.25 Å². The number of nitrogens with zero attached hydrogens (tertiary/aromatic N) is 3. The van der Waals surface area contributed by atoms with E-state index in [2.05, 4.69) is 21.1 Å². The lowest BCUT2D eigenvalue weighted by molar-refractivity contribution is 0.573. The molecule has 1 heterocycles. The van der Waals surface area contributed by atoms with Gasteiger partial charge in [-0.05, 0) is 18.6 Å². The first kappa shape index (κ1) is 17.8. The third kappa shape index (κ3) is 3.79. The first-order chi connectivity index (χ1) is 12.6. The van der Waals surface area contributed by atoms with E-state index in [9.17, 15) is 8.42 Å². The van der Waals surface area contributed by atoms with E-state index in [0.29, 0.717) is 17.9 Å². The Kier molecular flexibility index (Phi) is 5.40. The van der Waals surface area contributed by atoms with Crippen molar-refractivity contribution < 1.29 is 8.42 Å². The van der Waals surface area contributed by atoms with Gasteiger partial charge in [-0.3, -0.25) is 0 Å². The summed E-state index contributed by atoms with van der Waals surface area (Å²) in [5, 5.41) is 7.12. The van der Waals surface area contributed by atoms with E-state index in [4.69, 9.17) is 6.42 Å². The van der Waals surface area contributed by atoms with E-state index in [0.717, 1.165) is 5.56 Å². The number of hydrogen-bond acceptors (Lipinski definition) is 5. The van der Waals surface area contributed by atoms with Crippen LogP contribution in [0, 0.1) is 12.3 Å². The van der Waals surface area contributed by atoms with Gasteiger partial charge in [-0.15, -0.1) is 17.4 Å². The summed E-state index contributed by atoms with van der Waals surface area (Å²) >= 11 is 0. The molecule has 0 spiro atoms. The summed E-state index contributed by atoms with van der Waals surface area (Å²) < 4.78 is 26.3. The monoisotopic (exact) mass is 363 g/mol. The molecule has 0 radical (unpaired) electrons. The minimum absolute atomic E-state index is 0.238. The van der Waals surface area contributed by atoms with Crippen LogP contribution in [0.2, 0.25) is 0 Å².